The summed E-state index contributed by atoms with van der Waals surface area (Å²) < 4.78 is 5.23. The number of esters is 1. The van der Waals surface area contributed by atoms with E-state index >= 15 is 0 Å². The average molecular weight is 397 g/mol. The van der Waals surface area contributed by atoms with Gasteiger partial charge in [0, 0.05) is 12.6 Å². The fourth-order valence-electron chi connectivity index (χ4n) is 2.10. The normalized spacial score (nSPS) is 16.5. The van der Waals surface area contributed by atoms with E-state index in [1.807, 2.05) is 27.7 Å². The van der Waals surface area contributed by atoms with Crippen molar-refractivity contribution in [1.29, 1.82) is 0 Å². The Balaban J connectivity index is 0.00000361. The van der Waals surface area contributed by atoms with Crippen LogP contribution in [-0.2, 0) is 9.53 Å². The van der Waals surface area contributed by atoms with E-state index in [0.717, 1.165) is 6.54 Å². The molecule has 0 aromatic carbocycles. The number of carbonyl (C=O) groups is 1. The molecule has 0 aromatic heterocycles. The summed E-state index contributed by atoms with van der Waals surface area (Å²) in [5.41, 5.74) is -0.455. The number of hydrogen-bond acceptors (Lipinski definition) is 3. The van der Waals surface area contributed by atoms with Crippen molar-refractivity contribution in [3.8, 4) is 0 Å². The van der Waals surface area contributed by atoms with E-state index in [4.69, 9.17) is 4.74 Å². The van der Waals surface area contributed by atoms with Crippen molar-refractivity contribution < 1.29 is 9.53 Å². The van der Waals surface area contributed by atoms with Gasteiger partial charge in [-0.15, -0.1) is 24.0 Å². The molecule has 0 aliphatic heterocycles. The number of halogens is 1. The zero-order valence-corrected chi connectivity index (χ0v) is 15.3. The molecule has 1 fully saturated rings. The molecule has 118 valence electrons. The van der Waals surface area contributed by atoms with Crippen LogP contribution < -0.4 is 10.6 Å². The molecule has 0 radical (unpaired) electrons. The van der Waals surface area contributed by atoms with E-state index < -0.39 is 5.60 Å². The fourth-order valence-corrected chi connectivity index (χ4v) is 2.10. The Labute approximate surface area is 139 Å². The summed E-state index contributed by atoms with van der Waals surface area (Å²) in [6.45, 7) is 8.43. The van der Waals surface area contributed by atoms with Crippen molar-refractivity contribution in [2.45, 2.75) is 65.0 Å². The van der Waals surface area contributed by atoms with Gasteiger partial charge in [-0.2, -0.15) is 0 Å². The lowest BCUT2D eigenvalue weighted by Gasteiger charge is -2.19. The summed E-state index contributed by atoms with van der Waals surface area (Å²) in [5.74, 6) is 0.413. The Hall–Kier alpha value is -0.530. The van der Waals surface area contributed by atoms with Gasteiger partial charge in [0.05, 0.1) is 0 Å². The van der Waals surface area contributed by atoms with E-state index in [2.05, 4.69) is 15.6 Å². The molecule has 1 saturated carbocycles. The van der Waals surface area contributed by atoms with E-state index in [0.29, 0.717) is 12.0 Å². The summed E-state index contributed by atoms with van der Waals surface area (Å²) >= 11 is 0. The molecule has 0 aromatic rings. The fraction of sp³-hybridized carbons (Fsp3) is 0.857. The zero-order chi connectivity index (χ0) is 14.3. The maximum absolute atomic E-state index is 11.6. The smallest absolute Gasteiger partial charge is 0.328 e. The van der Waals surface area contributed by atoms with Crippen molar-refractivity contribution in [3.05, 3.63) is 0 Å². The Kier molecular flexibility index (Phi) is 9.16. The lowest BCUT2D eigenvalue weighted by atomic mass is 10.2. The summed E-state index contributed by atoms with van der Waals surface area (Å²) in [6, 6.07) is 0.483. The lowest BCUT2D eigenvalue weighted by molar-refractivity contribution is -0.152. The first kappa shape index (κ1) is 19.5. The topological polar surface area (TPSA) is 62.7 Å². The largest absolute Gasteiger partial charge is 0.459 e. The van der Waals surface area contributed by atoms with Gasteiger partial charge in [0.25, 0.3) is 0 Å². The molecular weight excluding hydrogens is 369 g/mol. The van der Waals surface area contributed by atoms with Gasteiger partial charge in [-0.05, 0) is 40.5 Å². The van der Waals surface area contributed by atoms with Crippen molar-refractivity contribution >= 4 is 35.9 Å². The van der Waals surface area contributed by atoms with E-state index in [9.17, 15) is 4.79 Å². The van der Waals surface area contributed by atoms with Crippen molar-refractivity contribution in [2.24, 2.45) is 4.99 Å². The van der Waals surface area contributed by atoms with Crippen LogP contribution in [0.1, 0.15) is 53.4 Å². The predicted octanol–water partition coefficient (Wildman–Crippen LogP) is 2.44. The summed E-state index contributed by atoms with van der Waals surface area (Å²) in [7, 11) is 0. The van der Waals surface area contributed by atoms with Gasteiger partial charge in [-0.3, -0.25) is 4.79 Å². The van der Waals surface area contributed by atoms with Gasteiger partial charge >= 0.3 is 5.97 Å². The van der Waals surface area contributed by atoms with Crippen LogP contribution >= 0.6 is 24.0 Å². The number of guanidine groups is 1. The van der Waals surface area contributed by atoms with Gasteiger partial charge in [0.15, 0.2) is 5.96 Å². The zero-order valence-electron chi connectivity index (χ0n) is 13.0. The van der Waals surface area contributed by atoms with Crippen LogP contribution in [-0.4, -0.2) is 36.7 Å². The summed E-state index contributed by atoms with van der Waals surface area (Å²) in [4.78, 5) is 15.9. The Morgan fingerprint density at radius 2 is 1.90 bits per heavy atom. The van der Waals surface area contributed by atoms with Crippen LogP contribution in [0.15, 0.2) is 4.99 Å². The number of aliphatic imine (C=N–C) groups is 1. The molecule has 1 aliphatic carbocycles. The molecular formula is C14H28IN3O2. The number of rotatable bonds is 4. The molecule has 0 heterocycles. The Morgan fingerprint density at radius 3 is 2.40 bits per heavy atom. The average Bonchev–Trinajstić information content (AvgIpc) is 2.76. The van der Waals surface area contributed by atoms with Crippen LogP contribution in [0.4, 0.5) is 0 Å². The molecule has 20 heavy (non-hydrogen) atoms. The molecule has 0 spiro atoms. The van der Waals surface area contributed by atoms with Crippen molar-refractivity contribution in [3.63, 3.8) is 0 Å². The number of nitrogens with zero attached hydrogens (tertiary/aromatic N) is 1. The highest BCUT2D eigenvalue weighted by Crippen LogP contribution is 2.17. The van der Waals surface area contributed by atoms with Gasteiger partial charge in [0.1, 0.15) is 12.1 Å². The summed E-state index contributed by atoms with van der Waals surface area (Å²) in [5, 5.41) is 6.52. The predicted molar refractivity (Wildman–Crippen MR) is 92.6 cm³/mol. The van der Waals surface area contributed by atoms with Crippen LogP contribution in [0, 0.1) is 0 Å². The number of nitrogens with one attached hydrogen (secondary N) is 2. The lowest BCUT2D eigenvalue weighted by Crippen LogP contribution is -2.42. The molecule has 0 atom stereocenters. The van der Waals surface area contributed by atoms with Gasteiger partial charge in [0.2, 0.25) is 0 Å². The van der Waals surface area contributed by atoms with Crippen LogP contribution in [0.3, 0.4) is 0 Å². The minimum absolute atomic E-state index is 0. The van der Waals surface area contributed by atoms with Crippen molar-refractivity contribution in [1.82, 2.24) is 10.6 Å². The second kappa shape index (κ2) is 9.41. The van der Waals surface area contributed by atoms with Gasteiger partial charge in [-0.25, -0.2) is 4.99 Å². The van der Waals surface area contributed by atoms with Crippen LogP contribution in [0.5, 0.6) is 0 Å². The quantitative estimate of drug-likeness (QED) is 0.331. The standard InChI is InChI=1S/C14H27N3O2.HI/c1-5-15-13(17-11-8-6-7-9-11)16-10-12(18)19-14(2,3)4;/h11H,5-10H2,1-4H3,(H2,15,16,17);1H. The van der Waals surface area contributed by atoms with Crippen LogP contribution in [0.25, 0.3) is 0 Å². The molecule has 5 nitrogen and oxygen atoms in total. The minimum Gasteiger partial charge on any atom is -0.459 e. The third-order valence-corrected chi connectivity index (χ3v) is 2.83. The Morgan fingerprint density at radius 1 is 1.30 bits per heavy atom. The Bertz CT molecular complexity index is 321. The van der Waals surface area contributed by atoms with Crippen LogP contribution in [0.2, 0.25) is 0 Å². The number of ether oxygens (including phenoxy) is 1. The SMILES string of the molecule is CCNC(=NCC(=O)OC(C)(C)C)NC1CCCC1.I. The van der Waals surface area contributed by atoms with E-state index in [-0.39, 0.29) is 36.5 Å². The third kappa shape index (κ3) is 8.60. The van der Waals surface area contributed by atoms with Gasteiger partial charge < -0.3 is 15.4 Å². The maximum Gasteiger partial charge on any atom is 0.328 e. The highest BCUT2D eigenvalue weighted by molar-refractivity contribution is 14.0. The first-order valence-corrected chi connectivity index (χ1v) is 7.17. The minimum atomic E-state index is -0.455. The van der Waals surface area contributed by atoms with E-state index in [1.165, 1.54) is 25.7 Å². The maximum atomic E-state index is 11.6. The molecule has 1 rings (SSSR count). The number of carbonyl (C=O) groups excluding carboxylic acids is 1. The molecule has 0 bridgehead atoms. The number of hydrogen-bond donors (Lipinski definition) is 2. The molecule has 2 N–H and O–H groups in total. The molecule has 0 saturated heterocycles. The van der Waals surface area contributed by atoms with E-state index in [1.54, 1.807) is 0 Å². The molecule has 0 unspecified atom stereocenters. The third-order valence-electron chi connectivity index (χ3n) is 2.83. The molecule has 0 amide bonds. The second-order valence-corrected chi connectivity index (χ2v) is 5.91. The van der Waals surface area contributed by atoms with Crippen molar-refractivity contribution in [2.75, 3.05) is 13.1 Å². The molecule has 6 heteroatoms. The highest BCUT2D eigenvalue weighted by Gasteiger charge is 2.18. The van der Waals surface area contributed by atoms with Gasteiger partial charge in [-0.1, -0.05) is 12.8 Å². The first-order valence-electron chi connectivity index (χ1n) is 7.17. The summed E-state index contributed by atoms with van der Waals surface area (Å²) in [6.07, 6.45) is 4.89. The highest BCUT2D eigenvalue weighted by atomic mass is 127. The second-order valence-electron chi connectivity index (χ2n) is 5.91. The first-order chi connectivity index (χ1) is 8.90. The monoisotopic (exact) mass is 397 g/mol. The molecule has 1 aliphatic rings.